The first-order chi connectivity index (χ1) is 11.5. The molecule has 0 radical (unpaired) electrons. The number of aliphatic carboxylic acids is 1. The van der Waals surface area contributed by atoms with Gasteiger partial charge in [0.25, 0.3) is 0 Å². The van der Waals surface area contributed by atoms with Gasteiger partial charge in [-0.2, -0.15) is 0 Å². The lowest BCUT2D eigenvalue weighted by Crippen LogP contribution is -2.01. The Morgan fingerprint density at radius 2 is 1.92 bits per heavy atom. The van der Waals surface area contributed by atoms with Gasteiger partial charge in [-0.15, -0.1) is 0 Å². The Kier molecular flexibility index (Phi) is 6.13. The summed E-state index contributed by atoms with van der Waals surface area (Å²) in [5.74, 6) is -0.764. The molecule has 24 heavy (non-hydrogen) atoms. The maximum absolute atomic E-state index is 13.7. The fourth-order valence-electron chi connectivity index (χ4n) is 2.19. The Labute approximate surface area is 141 Å². The van der Waals surface area contributed by atoms with Crippen molar-refractivity contribution in [2.24, 2.45) is 0 Å². The summed E-state index contributed by atoms with van der Waals surface area (Å²) in [4.78, 5) is 11.5. The third-order valence-corrected chi connectivity index (χ3v) is 3.67. The van der Waals surface area contributed by atoms with Gasteiger partial charge in [-0.25, -0.2) is 9.18 Å². The van der Waals surface area contributed by atoms with Crippen molar-refractivity contribution in [1.29, 1.82) is 0 Å². The Morgan fingerprint density at radius 3 is 2.50 bits per heavy atom. The number of hydrogen-bond donors (Lipinski definition) is 1. The van der Waals surface area contributed by atoms with Crippen LogP contribution in [0.4, 0.5) is 4.39 Å². The van der Waals surface area contributed by atoms with Gasteiger partial charge in [0.2, 0.25) is 0 Å². The molecule has 0 aromatic heterocycles. The maximum atomic E-state index is 13.7. The fourth-order valence-corrected chi connectivity index (χ4v) is 2.19. The molecule has 3 nitrogen and oxygen atoms in total. The summed E-state index contributed by atoms with van der Waals surface area (Å²) in [7, 11) is 0. The van der Waals surface area contributed by atoms with E-state index < -0.39 is 11.8 Å². The number of unbranched alkanes of at least 4 members (excludes halogenated alkanes) is 1. The highest BCUT2D eigenvalue weighted by molar-refractivity contribution is 6.20. The molecule has 0 heterocycles. The zero-order chi connectivity index (χ0) is 17.5. The minimum absolute atomic E-state index is 0.0496. The molecule has 1 N–H and O–H groups in total. The Bertz CT molecular complexity index is 733. The van der Waals surface area contributed by atoms with Crippen LogP contribution < -0.4 is 4.74 Å². The number of carbonyl (C=O) groups is 1. The molecule has 0 aliphatic carbocycles. The van der Waals surface area contributed by atoms with Gasteiger partial charge in [0, 0.05) is 0 Å². The Morgan fingerprint density at radius 1 is 1.21 bits per heavy atom. The molecular formula is C20H21FO3. The standard InChI is InChI=1S/C20H21FO3/c1-3-4-11-24-17-9-6-15(7-10-17)12-18(20(22)23)16-8-5-14(2)19(21)13-16/h5-10,12-13H,3-4,11H2,1-2H3,(H,22,23)/b18-12-. The molecule has 0 bridgehead atoms. The van der Waals surface area contributed by atoms with Crippen molar-refractivity contribution < 1.29 is 19.0 Å². The molecule has 0 fully saturated rings. The zero-order valence-corrected chi connectivity index (χ0v) is 13.9. The third kappa shape index (κ3) is 4.69. The summed E-state index contributed by atoms with van der Waals surface area (Å²) in [6.07, 6.45) is 3.59. The predicted molar refractivity (Wildman–Crippen MR) is 93.5 cm³/mol. The van der Waals surface area contributed by atoms with Crippen LogP contribution in [0.15, 0.2) is 42.5 Å². The molecule has 0 spiro atoms. The molecule has 0 saturated carbocycles. The fraction of sp³-hybridized carbons (Fsp3) is 0.250. The van der Waals surface area contributed by atoms with Crippen LogP contribution in [0.25, 0.3) is 11.6 Å². The number of carboxylic acids is 1. The van der Waals surface area contributed by atoms with Crippen molar-refractivity contribution in [2.75, 3.05) is 6.61 Å². The monoisotopic (exact) mass is 328 g/mol. The van der Waals surface area contributed by atoms with E-state index in [2.05, 4.69) is 6.92 Å². The zero-order valence-electron chi connectivity index (χ0n) is 13.9. The lowest BCUT2D eigenvalue weighted by atomic mass is 10.0. The maximum Gasteiger partial charge on any atom is 0.336 e. The van der Waals surface area contributed by atoms with Crippen molar-refractivity contribution in [3.05, 3.63) is 65.0 Å². The van der Waals surface area contributed by atoms with Crippen LogP contribution >= 0.6 is 0 Å². The van der Waals surface area contributed by atoms with Gasteiger partial charge < -0.3 is 9.84 Å². The van der Waals surface area contributed by atoms with Crippen LogP contribution in [0.2, 0.25) is 0 Å². The van der Waals surface area contributed by atoms with Gasteiger partial charge in [0.15, 0.2) is 0 Å². The topological polar surface area (TPSA) is 46.5 Å². The van der Waals surface area contributed by atoms with Crippen LogP contribution in [0.5, 0.6) is 5.75 Å². The summed E-state index contributed by atoms with van der Waals surface area (Å²) in [6.45, 7) is 4.40. The van der Waals surface area contributed by atoms with E-state index in [1.54, 1.807) is 43.3 Å². The van der Waals surface area contributed by atoms with Gasteiger partial charge in [0.1, 0.15) is 11.6 Å². The summed E-state index contributed by atoms with van der Waals surface area (Å²) in [6, 6.07) is 11.6. The molecule has 2 aromatic carbocycles. The van der Waals surface area contributed by atoms with Crippen LogP contribution in [-0.4, -0.2) is 17.7 Å². The number of carboxylic acid groups (broad SMARTS) is 1. The van der Waals surface area contributed by atoms with E-state index in [0.717, 1.165) is 24.2 Å². The molecule has 0 saturated heterocycles. The third-order valence-electron chi connectivity index (χ3n) is 3.67. The van der Waals surface area contributed by atoms with E-state index in [0.29, 0.717) is 17.7 Å². The normalized spacial score (nSPS) is 11.4. The summed E-state index contributed by atoms with van der Waals surface area (Å²) in [5.41, 5.74) is 1.59. The van der Waals surface area contributed by atoms with Crippen LogP contribution in [0, 0.1) is 12.7 Å². The summed E-state index contributed by atoms with van der Waals surface area (Å²) < 4.78 is 19.3. The predicted octanol–water partition coefficient (Wildman–Crippen LogP) is 4.94. The molecule has 0 unspecified atom stereocenters. The quantitative estimate of drug-likeness (QED) is 0.445. The molecule has 126 valence electrons. The van der Waals surface area contributed by atoms with E-state index in [-0.39, 0.29) is 5.57 Å². The van der Waals surface area contributed by atoms with Crippen LogP contribution in [-0.2, 0) is 4.79 Å². The van der Waals surface area contributed by atoms with Crippen LogP contribution in [0.1, 0.15) is 36.5 Å². The molecule has 0 atom stereocenters. The van der Waals surface area contributed by atoms with Crippen molar-refractivity contribution in [1.82, 2.24) is 0 Å². The number of halogens is 1. The molecule has 0 aliphatic heterocycles. The van der Waals surface area contributed by atoms with Crippen molar-refractivity contribution in [3.63, 3.8) is 0 Å². The van der Waals surface area contributed by atoms with Gasteiger partial charge in [-0.3, -0.25) is 0 Å². The SMILES string of the molecule is CCCCOc1ccc(/C=C(\C(=O)O)c2ccc(C)c(F)c2)cc1. The number of rotatable bonds is 7. The van der Waals surface area contributed by atoms with Crippen molar-refractivity contribution in [3.8, 4) is 5.75 Å². The molecular weight excluding hydrogens is 307 g/mol. The second-order valence-corrected chi connectivity index (χ2v) is 5.60. The minimum atomic E-state index is -1.10. The Balaban J connectivity index is 2.24. The van der Waals surface area contributed by atoms with Crippen LogP contribution in [0.3, 0.4) is 0 Å². The van der Waals surface area contributed by atoms with E-state index >= 15 is 0 Å². The largest absolute Gasteiger partial charge is 0.494 e. The number of benzene rings is 2. The molecule has 2 aromatic rings. The second kappa shape index (κ2) is 8.29. The van der Waals surface area contributed by atoms with E-state index in [9.17, 15) is 14.3 Å². The molecule has 2 rings (SSSR count). The summed E-state index contributed by atoms with van der Waals surface area (Å²) >= 11 is 0. The highest BCUT2D eigenvalue weighted by Crippen LogP contribution is 2.22. The smallest absolute Gasteiger partial charge is 0.336 e. The lowest BCUT2D eigenvalue weighted by Gasteiger charge is -2.07. The first-order valence-electron chi connectivity index (χ1n) is 7.95. The first-order valence-corrected chi connectivity index (χ1v) is 7.95. The van der Waals surface area contributed by atoms with E-state index in [1.807, 2.05) is 0 Å². The highest BCUT2D eigenvalue weighted by Gasteiger charge is 2.12. The van der Waals surface area contributed by atoms with Gasteiger partial charge in [-0.05, 0) is 54.3 Å². The second-order valence-electron chi connectivity index (χ2n) is 5.60. The molecule has 4 heteroatoms. The van der Waals surface area contributed by atoms with Crippen molar-refractivity contribution >= 4 is 17.6 Å². The number of aryl methyl sites for hydroxylation is 1. The average Bonchev–Trinajstić information content (AvgIpc) is 2.56. The molecule has 0 amide bonds. The first kappa shape index (κ1) is 17.7. The van der Waals surface area contributed by atoms with Gasteiger partial charge >= 0.3 is 5.97 Å². The van der Waals surface area contributed by atoms with Crippen molar-refractivity contribution in [2.45, 2.75) is 26.7 Å². The Hall–Kier alpha value is -2.62. The number of hydrogen-bond acceptors (Lipinski definition) is 2. The highest BCUT2D eigenvalue weighted by atomic mass is 19.1. The number of ether oxygens (including phenoxy) is 1. The lowest BCUT2D eigenvalue weighted by molar-refractivity contribution is -0.130. The van der Waals surface area contributed by atoms with Gasteiger partial charge in [-0.1, -0.05) is 37.6 Å². The minimum Gasteiger partial charge on any atom is -0.494 e. The summed E-state index contributed by atoms with van der Waals surface area (Å²) in [5, 5.41) is 9.43. The van der Waals surface area contributed by atoms with E-state index in [4.69, 9.17) is 4.74 Å². The van der Waals surface area contributed by atoms with Gasteiger partial charge in [0.05, 0.1) is 12.2 Å². The average molecular weight is 328 g/mol. The van der Waals surface area contributed by atoms with E-state index in [1.165, 1.54) is 12.1 Å². The molecule has 0 aliphatic rings.